The lowest BCUT2D eigenvalue weighted by Gasteiger charge is -2.24. The molecule has 1 atom stereocenters. The summed E-state index contributed by atoms with van der Waals surface area (Å²) >= 11 is 1.71. The average Bonchev–Trinajstić information content (AvgIpc) is 3.23. The van der Waals surface area contributed by atoms with Crippen molar-refractivity contribution in [2.24, 2.45) is 0 Å². The van der Waals surface area contributed by atoms with Crippen molar-refractivity contribution in [3.63, 3.8) is 0 Å². The molecule has 1 amide bonds. The van der Waals surface area contributed by atoms with E-state index in [0.717, 1.165) is 19.4 Å². The van der Waals surface area contributed by atoms with Crippen LogP contribution in [-0.4, -0.2) is 31.6 Å². The maximum atomic E-state index is 12.9. The molecule has 0 spiro atoms. The molecule has 0 saturated carbocycles. The summed E-state index contributed by atoms with van der Waals surface area (Å²) in [5.41, 5.74) is 0.590. The average molecular weight is 317 g/mol. The zero-order valence-corrected chi connectivity index (χ0v) is 13.6. The molecule has 2 heterocycles. The van der Waals surface area contributed by atoms with Crippen LogP contribution in [0, 0.1) is 0 Å². The van der Waals surface area contributed by atoms with E-state index < -0.39 is 0 Å². The van der Waals surface area contributed by atoms with E-state index in [2.05, 4.69) is 11.4 Å². The third-order valence-corrected chi connectivity index (χ3v) is 5.00. The Morgan fingerprint density at radius 1 is 1.27 bits per heavy atom. The van der Waals surface area contributed by atoms with Gasteiger partial charge in [-0.25, -0.2) is 0 Å². The summed E-state index contributed by atoms with van der Waals surface area (Å²) in [6.07, 6.45) is 2.05. The minimum Gasteiger partial charge on any atom is -0.497 e. The fourth-order valence-electron chi connectivity index (χ4n) is 2.92. The third-order valence-electron chi connectivity index (χ3n) is 4.02. The van der Waals surface area contributed by atoms with E-state index in [-0.39, 0.29) is 11.9 Å². The number of likely N-dealkylation sites (tertiary alicyclic amines) is 1. The monoisotopic (exact) mass is 317 g/mol. The smallest absolute Gasteiger partial charge is 0.258 e. The number of benzene rings is 1. The molecule has 3 rings (SSSR count). The molecule has 1 aromatic carbocycles. The van der Waals surface area contributed by atoms with Crippen molar-refractivity contribution in [3.8, 4) is 11.5 Å². The van der Waals surface area contributed by atoms with Gasteiger partial charge in [-0.2, -0.15) is 0 Å². The van der Waals surface area contributed by atoms with Crippen LogP contribution in [0.5, 0.6) is 11.5 Å². The molecule has 1 aliphatic rings. The number of amides is 1. The molecule has 0 radical (unpaired) electrons. The van der Waals surface area contributed by atoms with Crippen LogP contribution in [0.1, 0.15) is 34.1 Å². The van der Waals surface area contributed by atoms with Crippen molar-refractivity contribution in [1.82, 2.24) is 4.90 Å². The zero-order valence-electron chi connectivity index (χ0n) is 12.7. The molecule has 0 bridgehead atoms. The van der Waals surface area contributed by atoms with Crippen molar-refractivity contribution in [1.29, 1.82) is 0 Å². The number of rotatable bonds is 4. The second kappa shape index (κ2) is 6.40. The Hall–Kier alpha value is -2.01. The number of hydrogen-bond acceptors (Lipinski definition) is 4. The number of thiophene rings is 1. The first-order valence-corrected chi connectivity index (χ1v) is 8.19. The van der Waals surface area contributed by atoms with E-state index in [1.165, 1.54) is 4.88 Å². The zero-order chi connectivity index (χ0) is 15.5. The summed E-state index contributed by atoms with van der Waals surface area (Å²) < 4.78 is 10.6. The van der Waals surface area contributed by atoms with Crippen molar-refractivity contribution < 1.29 is 14.3 Å². The molecule has 0 N–H and O–H groups in total. The molecule has 1 aromatic heterocycles. The normalized spacial score (nSPS) is 17.5. The van der Waals surface area contributed by atoms with Gasteiger partial charge in [0.1, 0.15) is 11.5 Å². The Balaban J connectivity index is 1.90. The summed E-state index contributed by atoms with van der Waals surface area (Å²) in [7, 11) is 3.18. The lowest BCUT2D eigenvalue weighted by molar-refractivity contribution is 0.0734. The first kappa shape index (κ1) is 14.9. The van der Waals surface area contributed by atoms with E-state index in [1.807, 2.05) is 11.0 Å². The maximum absolute atomic E-state index is 12.9. The lowest BCUT2D eigenvalue weighted by Crippen LogP contribution is -2.30. The summed E-state index contributed by atoms with van der Waals surface area (Å²) in [5, 5.41) is 2.06. The number of carbonyl (C=O) groups excluding carboxylic acids is 1. The van der Waals surface area contributed by atoms with Gasteiger partial charge in [-0.1, -0.05) is 6.07 Å². The summed E-state index contributed by atoms with van der Waals surface area (Å²) in [6, 6.07) is 9.65. The molecule has 1 fully saturated rings. The fraction of sp³-hybridized carbons (Fsp3) is 0.353. The highest BCUT2D eigenvalue weighted by atomic mass is 32.1. The van der Waals surface area contributed by atoms with Gasteiger partial charge in [0.15, 0.2) is 0 Å². The summed E-state index contributed by atoms with van der Waals surface area (Å²) in [4.78, 5) is 16.1. The largest absolute Gasteiger partial charge is 0.497 e. The molecule has 1 saturated heterocycles. The second-order valence-electron chi connectivity index (χ2n) is 5.24. The fourth-order valence-corrected chi connectivity index (χ4v) is 3.79. The van der Waals surface area contributed by atoms with Crippen LogP contribution in [0.4, 0.5) is 0 Å². The van der Waals surface area contributed by atoms with Crippen molar-refractivity contribution in [2.75, 3.05) is 20.8 Å². The number of carbonyl (C=O) groups is 1. The van der Waals surface area contributed by atoms with Crippen LogP contribution in [0.15, 0.2) is 35.7 Å². The van der Waals surface area contributed by atoms with Gasteiger partial charge < -0.3 is 14.4 Å². The van der Waals surface area contributed by atoms with Gasteiger partial charge in [-0.3, -0.25) is 4.79 Å². The summed E-state index contributed by atoms with van der Waals surface area (Å²) in [6.45, 7) is 0.788. The van der Waals surface area contributed by atoms with E-state index in [1.54, 1.807) is 43.8 Å². The van der Waals surface area contributed by atoms with Gasteiger partial charge in [-0.05, 0) is 36.4 Å². The van der Waals surface area contributed by atoms with Crippen molar-refractivity contribution >= 4 is 17.2 Å². The van der Waals surface area contributed by atoms with E-state index in [9.17, 15) is 4.79 Å². The molecule has 2 aromatic rings. The van der Waals surface area contributed by atoms with Crippen molar-refractivity contribution in [2.45, 2.75) is 18.9 Å². The Morgan fingerprint density at radius 2 is 2.14 bits per heavy atom. The lowest BCUT2D eigenvalue weighted by atomic mass is 10.1. The Kier molecular flexibility index (Phi) is 4.34. The molecule has 1 unspecified atom stereocenters. The molecule has 22 heavy (non-hydrogen) atoms. The highest BCUT2D eigenvalue weighted by Gasteiger charge is 2.32. The van der Waals surface area contributed by atoms with Crippen LogP contribution in [0.3, 0.4) is 0 Å². The standard InChI is InChI=1S/C17H19NO3S/c1-20-12-7-8-13(15(11-12)21-2)17(19)18-9-3-5-14(18)16-6-4-10-22-16/h4,6-8,10-11,14H,3,5,9H2,1-2H3. The van der Waals surface area contributed by atoms with Gasteiger partial charge in [0.25, 0.3) is 5.91 Å². The predicted octanol–water partition coefficient (Wildman–Crippen LogP) is 3.74. The van der Waals surface area contributed by atoms with Gasteiger partial charge in [0.05, 0.1) is 25.8 Å². The minimum atomic E-state index is 0.0235. The van der Waals surface area contributed by atoms with E-state index in [0.29, 0.717) is 17.1 Å². The van der Waals surface area contributed by atoms with Crippen LogP contribution < -0.4 is 9.47 Å². The van der Waals surface area contributed by atoms with Crippen LogP contribution in [0.2, 0.25) is 0 Å². The SMILES string of the molecule is COc1ccc(C(=O)N2CCCC2c2cccs2)c(OC)c1. The maximum Gasteiger partial charge on any atom is 0.258 e. The predicted molar refractivity (Wildman–Crippen MR) is 86.9 cm³/mol. The Labute approximate surface area is 134 Å². The van der Waals surface area contributed by atoms with Gasteiger partial charge in [-0.15, -0.1) is 11.3 Å². The topological polar surface area (TPSA) is 38.8 Å². The van der Waals surface area contributed by atoms with Gasteiger partial charge in [0.2, 0.25) is 0 Å². The van der Waals surface area contributed by atoms with Gasteiger partial charge in [0, 0.05) is 17.5 Å². The number of nitrogens with zero attached hydrogens (tertiary/aromatic N) is 1. The first-order valence-electron chi connectivity index (χ1n) is 7.31. The molecular weight excluding hydrogens is 298 g/mol. The Bertz CT molecular complexity index is 654. The molecule has 1 aliphatic heterocycles. The molecule has 5 heteroatoms. The van der Waals surface area contributed by atoms with E-state index in [4.69, 9.17) is 9.47 Å². The molecule has 4 nitrogen and oxygen atoms in total. The third kappa shape index (κ3) is 2.68. The molecule has 116 valence electrons. The highest BCUT2D eigenvalue weighted by Crippen LogP contribution is 2.37. The van der Waals surface area contributed by atoms with Crippen molar-refractivity contribution in [3.05, 3.63) is 46.2 Å². The number of methoxy groups -OCH3 is 2. The van der Waals surface area contributed by atoms with Crippen LogP contribution >= 0.6 is 11.3 Å². The number of hydrogen-bond donors (Lipinski definition) is 0. The highest BCUT2D eigenvalue weighted by molar-refractivity contribution is 7.10. The molecular formula is C17H19NO3S. The van der Waals surface area contributed by atoms with Crippen LogP contribution in [-0.2, 0) is 0 Å². The van der Waals surface area contributed by atoms with Crippen LogP contribution in [0.25, 0.3) is 0 Å². The second-order valence-corrected chi connectivity index (χ2v) is 6.22. The van der Waals surface area contributed by atoms with E-state index >= 15 is 0 Å². The quantitative estimate of drug-likeness (QED) is 0.862. The first-order chi connectivity index (χ1) is 10.7. The minimum absolute atomic E-state index is 0.0235. The number of ether oxygens (including phenoxy) is 2. The van der Waals surface area contributed by atoms with Gasteiger partial charge >= 0.3 is 0 Å². The Morgan fingerprint density at radius 3 is 2.82 bits per heavy atom. The summed E-state index contributed by atoms with van der Waals surface area (Å²) in [5.74, 6) is 1.27. The molecule has 0 aliphatic carbocycles.